The van der Waals surface area contributed by atoms with E-state index in [4.69, 9.17) is 32.7 Å². The van der Waals surface area contributed by atoms with Crippen molar-refractivity contribution in [2.45, 2.75) is 37.0 Å². The summed E-state index contributed by atoms with van der Waals surface area (Å²) in [6.07, 6.45) is 1.45. The van der Waals surface area contributed by atoms with Crippen LogP contribution in [0, 0.1) is 0 Å². The zero-order valence-corrected chi connectivity index (χ0v) is 21.4. The van der Waals surface area contributed by atoms with Crippen LogP contribution in [0.2, 0.25) is 0 Å². The Kier molecular flexibility index (Phi) is 7.76. The minimum atomic E-state index is -0.238. The van der Waals surface area contributed by atoms with Crippen molar-refractivity contribution in [3.8, 4) is 5.75 Å². The molecule has 4 atom stereocenters. The van der Waals surface area contributed by atoms with Gasteiger partial charge in [-0.15, -0.1) is 0 Å². The SMILES string of the molecule is NC1CC(N)CN(c2nc(Nc3ccc(C(=O)N4CCOCC4)c(O)c3)nc(N3CC(N)CC(N)C3)n2)C1. The summed E-state index contributed by atoms with van der Waals surface area (Å²) in [6, 6.07) is 4.39. The number of ether oxygens (including phenoxy) is 1. The molecule has 2 aromatic rings. The van der Waals surface area contributed by atoms with Crippen molar-refractivity contribution in [2.75, 3.05) is 67.6 Å². The Morgan fingerprint density at radius 3 is 1.89 bits per heavy atom. The van der Waals surface area contributed by atoms with Crippen LogP contribution >= 0.6 is 0 Å². The molecule has 0 bridgehead atoms. The molecule has 0 saturated carbocycles. The summed E-state index contributed by atoms with van der Waals surface area (Å²) in [5, 5.41) is 13.8. The number of carbonyl (C=O) groups is 1. The highest BCUT2D eigenvalue weighted by Gasteiger charge is 2.29. The predicted molar refractivity (Wildman–Crippen MR) is 144 cm³/mol. The largest absolute Gasteiger partial charge is 0.507 e. The number of nitrogens with two attached hydrogens (primary N) is 4. The lowest BCUT2D eigenvalue weighted by Gasteiger charge is -2.37. The molecule has 1 aromatic carbocycles. The van der Waals surface area contributed by atoms with Gasteiger partial charge in [0.05, 0.1) is 18.8 Å². The molecule has 10 N–H and O–H groups in total. The standard InChI is InChI=1S/C24H37N11O3/c25-14-7-15(26)11-34(10-14)23-30-22(31-24(32-23)35-12-16(27)8-17(28)13-35)29-18-1-2-19(20(36)9-18)21(37)33-3-5-38-6-4-33/h1-2,9,14-17,36H,3-8,10-13,25-28H2,(H,29,30,31,32). The monoisotopic (exact) mass is 527 g/mol. The van der Waals surface area contributed by atoms with Crippen molar-refractivity contribution in [3.63, 3.8) is 0 Å². The van der Waals surface area contributed by atoms with Crippen LogP contribution in [0.1, 0.15) is 23.2 Å². The lowest BCUT2D eigenvalue weighted by molar-refractivity contribution is 0.0301. The maximum absolute atomic E-state index is 12.8. The highest BCUT2D eigenvalue weighted by Crippen LogP contribution is 2.27. The fourth-order valence-corrected chi connectivity index (χ4v) is 5.23. The lowest BCUT2D eigenvalue weighted by Crippen LogP contribution is -2.54. The first-order chi connectivity index (χ1) is 18.2. The second-order valence-corrected chi connectivity index (χ2v) is 10.3. The van der Waals surface area contributed by atoms with E-state index in [-0.39, 0.29) is 47.3 Å². The molecule has 0 spiro atoms. The normalized spacial score (nSPS) is 26.4. The Morgan fingerprint density at radius 1 is 0.868 bits per heavy atom. The van der Waals surface area contributed by atoms with Crippen LogP contribution in [0.4, 0.5) is 23.5 Å². The number of morpholine rings is 1. The van der Waals surface area contributed by atoms with E-state index in [1.54, 1.807) is 17.0 Å². The third-order valence-electron chi connectivity index (χ3n) is 6.99. The molecule has 0 aliphatic carbocycles. The van der Waals surface area contributed by atoms with Crippen LogP contribution in [0.3, 0.4) is 0 Å². The minimum Gasteiger partial charge on any atom is -0.507 e. The number of piperidine rings is 2. The highest BCUT2D eigenvalue weighted by molar-refractivity contribution is 5.97. The summed E-state index contributed by atoms with van der Waals surface area (Å²) in [5.74, 6) is 0.787. The Hall–Kier alpha value is -3.30. The van der Waals surface area contributed by atoms with Gasteiger partial charge in [-0.25, -0.2) is 0 Å². The summed E-state index contributed by atoms with van der Waals surface area (Å²) in [4.78, 5) is 32.4. The molecule has 5 rings (SSSR count). The summed E-state index contributed by atoms with van der Waals surface area (Å²) in [6.45, 7) is 4.20. The van der Waals surface area contributed by atoms with Gasteiger partial charge in [-0.2, -0.15) is 15.0 Å². The molecule has 206 valence electrons. The topological polar surface area (TPSA) is 211 Å². The van der Waals surface area contributed by atoms with Crippen LogP contribution in [-0.4, -0.2) is 108 Å². The van der Waals surface area contributed by atoms with E-state index in [1.165, 1.54) is 6.07 Å². The third-order valence-corrected chi connectivity index (χ3v) is 6.99. The number of hydrogen-bond acceptors (Lipinski definition) is 13. The molecule has 38 heavy (non-hydrogen) atoms. The number of rotatable bonds is 5. The number of aromatic hydroxyl groups is 1. The van der Waals surface area contributed by atoms with Crippen molar-refractivity contribution in [1.82, 2.24) is 19.9 Å². The average molecular weight is 528 g/mol. The second kappa shape index (κ2) is 11.2. The molecule has 0 radical (unpaired) electrons. The summed E-state index contributed by atoms with van der Waals surface area (Å²) < 4.78 is 5.31. The van der Waals surface area contributed by atoms with Gasteiger partial charge in [0.1, 0.15) is 5.75 Å². The third kappa shape index (κ3) is 6.05. The number of phenolic OH excluding ortho intramolecular Hbond substituents is 1. The predicted octanol–water partition coefficient (Wildman–Crippen LogP) is -1.48. The zero-order valence-electron chi connectivity index (χ0n) is 21.4. The van der Waals surface area contributed by atoms with Gasteiger partial charge in [-0.05, 0) is 25.0 Å². The van der Waals surface area contributed by atoms with Gasteiger partial charge in [0.25, 0.3) is 5.91 Å². The molecular formula is C24H37N11O3. The van der Waals surface area contributed by atoms with E-state index in [1.807, 2.05) is 9.80 Å². The van der Waals surface area contributed by atoms with Gasteiger partial charge in [0.2, 0.25) is 17.8 Å². The van der Waals surface area contributed by atoms with Crippen LogP contribution in [-0.2, 0) is 4.74 Å². The van der Waals surface area contributed by atoms with E-state index < -0.39 is 0 Å². The summed E-state index contributed by atoms with van der Waals surface area (Å²) in [5.41, 5.74) is 25.6. The van der Waals surface area contributed by atoms with Gasteiger partial charge < -0.3 is 52.8 Å². The van der Waals surface area contributed by atoms with Crippen molar-refractivity contribution < 1.29 is 14.6 Å². The first kappa shape index (κ1) is 26.3. The van der Waals surface area contributed by atoms with Crippen LogP contribution in [0.15, 0.2) is 18.2 Å². The van der Waals surface area contributed by atoms with Crippen LogP contribution < -0.4 is 38.1 Å². The highest BCUT2D eigenvalue weighted by atomic mass is 16.5. The van der Waals surface area contributed by atoms with Crippen molar-refractivity contribution in [1.29, 1.82) is 0 Å². The first-order valence-electron chi connectivity index (χ1n) is 13.0. The van der Waals surface area contributed by atoms with Gasteiger partial charge in [0.15, 0.2) is 0 Å². The van der Waals surface area contributed by atoms with E-state index >= 15 is 0 Å². The molecule has 3 fully saturated rings. The molecule has 3 saturated heterocycles. The van der Waals surface area contributed by atoms with Gasteiger partial charge in [-0.1, -0.05) is 0 Å². The number of benzene rings is 1. The fraction of sp³-hybridized carbons (Fsp3) is 0.583. The number of hydrogen-bond donors (Lipinski definition) is 6. The summed E-state index contributed by atoms with van der Waals surface area (Å²) in [7, 11) is 0. The minimum absolute atomic E-state index is 0.0966. The van der Waals surface area contributed by atoms with E-state index in [9.17, 15) is 9.90 Å². The van der Waals surface area contributed by atoms with E-state index in [0.717, 1.165) is 12.8 Å². The number of nitrogens with zero attached hydrogens (tertiary/aromatic N) is 6. The number of amides is 1. The number of carbonyl (C=O) groups excluding carboxylic acids is 1. The fourth-order valence-electron chi connectivity index (χ4n) is 5.23. The number of phenols is 1. The van der Waals surface area contributed by atoms with Crippen molar-refractivity contribution >= 4 is 29.4 Å². The van der Waals surface area contributed by atoms with Crippen LogP contribution in [0.25, 0.3) is 0 Å². The molecule has 14 heteroatoms. The molecule has 4 heterocycles. The maximum atomic E-state index is 12.8. The summed E-state index contributed by atoms with van der Waals surface area (Å²) >= 11 is 0. The Balaban J connectivity index is 1.41. The molecule has 1 amide bonds. The molecule has 1 aromatic heterocycles. The first-order valence-corrected chi connectivity index (χ1v) is 13.0. The maximum Gasteiger partial charge on any atom is 0.257 e. The Labute approximate surface area is 221 Å². The Bertz CT molecular complexity index is 1080. The molecule has 4 unspecified atom stereocenters. The Morgan fingerprint density at radius 2 is 1.39 bits per heavy atom. The average Bonchev–Trinajstić information content (AvgIpc) is 2.88. The zero-order chi connectivity index (χ0) is 26.8. The van der Waals surface area contributed by atoms with Crippen molar-refractivity contribution in [2.24, 2.45) is 22.9 Å². The molecule has 3 aliphatic heterocycles. The van der Waals surface area contributed by atoms with Crippen LogP contribution in [0.5, 0.6) is 5.75 Å². The number of anilines is 4. The smallest absolute Gasteiger partial charge is 0.257 e. The van der Waals surface area contributed by atoms with Gasteiger partial charge >= 0.3 is 0 Å². The lowest BCUT2D eigenvalue weighted by atomic mass is 10.0. The quantitative estimate of drug-likeness (QED) is 0.262. The molecule has 3 aliphatic rings. The number of nitrogens with one attached hydrogen (secondary N) is 1. The van der Waals surface area contributed by atoms with E-state index in [2.05, 4.69) is 15.3 Å². The van der Waals surface area contributed by atoms with E-state index in [0.29, 0.717) is 70.1 Å². The second-order valence-electron chi connectivity index (χ2n) is 10.3. The van der Waals surface area contributed by atoms with Crippen molar-refractivity contribution in [3.05, 3.63) is 23.8 Å². The molecular weight excluding hydrogens is 490 g/mol. The number of aromatic nitrogens is 3. The van der Waals surface area contributed by atoms with Gasteiger partial charge in [0, 0.05) is 75.2 Å². The molecule has 14 nitrogen and oxygen atoms in total. The van der Waals surface area contributed by atoms with Gasteiger partial charge in [-0.3, -0.25) is 4.79 Å².